The van der Waals surface area contributed by atoms with Crippen molar-refractivity contribution in [1.82, 2.24) is 10.6 Å². The fourth-order valence-corrected chi connectivity index (χ4v) is 3.87. The summed E-state index contributed by atoms with van der Waals surface area (Å²) in [6.07, 6.45) is 4.78. The highest BCUT2D eigenvalue weighted by atomic mass is 127. The Morgan fingerprint density at radius 3 is 2.68 bits per heavy atom. The van der Waals surface area contributed by atoms with Crippen LogP contribution in [0.5, 0.6) is 0 Å². The van der Waals surface area contributed by atoms with E-state index in [1.807, 2.05) is 0 Å². The van der Waals surface area contributed by atoms with Gasteiger partial charge in [-0.25, -0.2) is 4.99 Å². The van der Waals surface area contributed by atoms with Crippen LogP contribution in [0.15, 0.2) is 34.2 Å². The summed E-state index contributed by atoms with van der Waals surface area (Å²) >= 11 is 3.84. The average Bonchev–Trinajstić information content (AvgIpc) is 3.04. The first kappa shape index (κ1) is 20.0. The molecule has 1 saturated heterocycles. The van der Waals surface area contributed by atoms with Gasteiger partial charge in [0.05, 0.1) is 6.54 Å². The molecule has 1 heterocycles. The Morgan fingerprint density at radius 2 is 2.09 bits per heavy atom. The van der Waals surface area contributed by atoms with Crippen LogP contribution < -0.4 is 10.6 Å². The van der Waals surface area contributed by atoms with Gasteiger partial charge in [-0.3, -0.25) is 0 Å². The number of hydrogen-bond acceptors (Lipinski definition) is 3. The zero-order valence-electron chi connectivity index (χ0n) is 13.3. The van der Waals surface area contributed by atoms with Crippen LogP contribution in [0.4, 0.5) is 0 Å². The second-order valence-electron chi connectivity index (χ2n) is 5.06. The zero-order valence-corrected chi connectivity index (χ0v) is 17.3. The number of thioether (sulfide) groups is 2. The van der Waals surface area contributed by atoms with Gasteiger partial charge >= 0.3 is 0 Å². The number of hydrogen-bond donors (Lipinski definition) is 2. The maximum Gasteiger partial charge on any atom is 0.191 e. The second-order valence-corrected chi connectivity index (χ2v) is 7.35. The van der Waals surface area contributed by atoms with Crippen molar-refractivity contribution < 1.29 is 0 Å². The molecule has 1 aliphatic heterocycles. The molecule has 124 valence electrons. The van der Waals surface area contributed by atoms with Crippen molar-refractivity contribution in [3.8, 4) is 0 Å². The fourth-order valence-electron chi connectivity index (χ4n) is 2.26. The van der Waals surface area contributed by atoms with Gasteiger partial charge in [0, 0.05) is 23.2 Å². The summed E-state index contributed by atoms with van der Waals surface area (Å²) < 4.78 is 0. The summed E-state index contributed by atoms with van der Waals surface area (Å²) in [7, 11) is 0. The molecule has 22 heavy (non-hydrogen) atoms. The van der Waals surface area contributed by atoms with Crippen molar-refractivity contribution in [2.75, 3.05) is 25.1 Å². The van der Waals surface area contributed by atoms with Gasteiger partial charge in [-0.2, -0.15) is 11.8 Å². The number of nitrogens with one attached hydrogen (secondary N) is 2. The number of nitrogens with zero attached hydrogens (tertiary/aromatic N) is 1. The molecular weight excluding hydrogens is 425 g/mol. The topological polar surface area (TPSA) is 36.4 Å². The number of rotatable bonds is 6. The van der Waals surface area contributed by atoms with Crippen LogP contribution in [0.1, 0.15) is 25.3 Å². The van der Waals surface area contributed by atoms with E-state index in [4.69, 9.17) is 0 Å². The number of benzene rings is 1. The van der Waals surface area contributed by atoms with Gasteiger partial charge in [-0.1, -0.05) is 12.1 Å². The predicted octanol–water partition coefficient (Wildman–Crippen LogP) is 3.98. The van der Waals surface area contributed by atoms with E-state index < -0.39 is 0 Å². The van der Waals surface area contributed by atoms with Crippen LogP contribution >= 0.6 is 47.5 Å². The standard InChI is InChI=1S/C16H25N3S2.HI/c1-3-17-16(19-12-15-5-4-10-21-15)18-11-13-6-8-14(20-2)9-7-13;/h6-9,15H,3-5,10-12H2,1-2H3,(H2,17,18,19);1H. The summed E-state index contributed by atoms with van der Waals surface area (Å²) in [5.74, 6) is 2.24. The molecule has 0 spiro atoms. The van der Waals surface area contributed by atoms with Gasteiger partial charge in [-0.15, -0.1) is 35.7 Å². The summed E-state index contributed by atoms with van der Waals surface area (Å²) in [6.45, 7) is 4.74. The molecule has 2 rings (SSSR count). The van der Waals surface area contributed by atoms with Gasteiger partial charge < -0.3 is 10.6 Å². The molecular formula is C16H26IN3S2. The van der Waals surface area contributed by atoms with E-state index in [0.29, 0.717) is 0 Å². The van der Waals surface area contributed by atoms with Crippen LogP contribution in [-0.4, -0.2) is 36.3 Å². The first-order valence-electron chi connectivity index (χ1n) is 7.58. The van der Waals surface area contributed by atoms with Crippen molar-refractivity contribution in [3.05, 3.63) is 29.8 Å². The van der Waals surface area contributed by atoms with Crippen LogP contribution in [0.3, 0.4) is 0 Å². The van der Waals surface area contributed by atoms with Gasteiger partial charge in [-0.05, 0) is 49.5 Å². The lowest BCUT2D eigenvalue weighted by molar-refractivity contribution is 0.727. The van der Waals surface area contributed by atoms with Crippen molar-refractivity contribution in [2.24, 2.45) is 4.99 Å². The van der Waals surface area contributed by atoms with E-state index in [1.54, 1.807) is 11.8 Å². The third kappa shape index (κ3) is 7.00. The molecule has 0 saturated carbocycles. The second kappa shape index (κ2) is 11.5. The molecule has 0 radical (unpaired) electrons. The van der Waals surface area contributed by atoms with E-state index in [1.165, 1.54) is 29.1 Å². The van der Waals surface area contributed by atoms with Gasteiger partial charge in [0.1, 0.15) is 0 Å². The molecule has 1 fully saturated rings. The van der Waals surface area contributed by atoms with E-state index in [0.717, 1.165) is 30.8 Å². The first-order valence-corrected chi connectivity index (χ1v) is 9.86. The summed E-state index contributed by atoms with van der Waals surface area (Å²) in [4.78, 5) is 5.98. The molecule has 3 nitrogen and oxygen atoms in total. The summed E-state index contributed by atoms with van der Waals surface area (Å²) in [5, 5.41) is 7.54. The quantitative estimate of drug-likeness (QED) is 0.297. The van der Waals surface area contributed by atoms with E-state index in [-0.39, 0.29) is 24.0 Å². The Bertz CT molecular complexity index is 445. The third-order valence-electron chi connectivity index (χ3n) is 3.44. The van der Waals surface area contributed by atoms with Gasteiger partial charge in [0.2, 0.25) is 0 Å². The highest BCUT2D eigenvalue weighted by molar-refractivity contribution is 14.0. The minimum atomic E-state index is 0. The van der Waals surface area contributed by atoms with E-state index in [9.17, 15) is 0 Å². The van der Waals surface area contributed by atoms with E-state index in [2.05, 4.69) is 64.8 Å². The van der Waals surface area contributed by atoms with E-state index >= 15 is 0 Å². The predicted molar refractivity (Wildman–Crippen MR) is 112 cm³/mol. The lowest BCUT2D eigenvalue weighted by Gasteiger charge is -2.14. The van der Waals surface area contributed by atoms with Crippen molar-refractivity contribution in [3.63, 3.8) is 0 Å². The van der Waals surface area contributed by atoms with Crippen LogP contribution in [0, 0.1) is 0 Å². The largest absolute Gasteiger partial charge is 0.357 e. The summed E-state index contributed by atoms with van der Waals surface area (Å²) in [5.41, 5.74) is 1.25. The highest BCUT2D eigenvalue weighted by Gasteiger charge is 2.15. The minimum absolute atomic E-state index is 0. The van der Waals surface area contributed by atoms with Gasteiger partial charge in [0.25, 0.3) is 0 Å². The average molecular weight is 451 g/mol. The molecule has 0 aromatic heterocycles. The summed E-state index contributed by atoms with van der Waals surface area (Å²) in [6, 6.07) is 8.63. The maximum absolute atomic E-state index is 4.68. The molecule has 1 atom stereocenters. The van der Waals surface area contributed by atoms with Crippen molar-refractivity contribution >= 4 is 53.5 Å². The minimum Gasteiger partial charge on any atom is -0.357 e. The number of halogens is 1. The highest BCUT2D eigenvalue weighted by Crippen LogP contribution is 2.25. The molecule has 0 aliphatic carbocycles. The Labute approximate surface area is 159 Å². The van der Waals surface area contributed by atoms with Crippen molar-refractivity contribution in [2.45, 2.75) is 36.5 Å². The smallest absolute Gasteiger partial charge is 0.191 e. The third-order valence-corrected chi connectivity index (χ3v) is 5.59. The van der Waals surface area contributed by atoms with Gasteiger partial charge in [0.15, 0.2) is 5.96 Å². The van der Waals surface area contributed by atoms with Crippen LogP contribution in [0.25, 0.3) is 0 Å². The molecule has 0 amide bonds. The first-order chi connectivity index (χ1) is 10.3. The lowest BCUT2D eigenvalue weighted by atomic mass is 10.2. The SMILES string of the molecule is CCNC(=NCc1ccc(SC)cc1)NCC1CCCS1.I. The lowest BCUT2D eigenvalue weighted by Crippen LogP contribution is -2.40. The normalized spacial score (nSPS) is 17.9. The maximum atomic E-state index is 4.68. The molecule has 1 unspecified atom stereocenters. The Balaban J connectivity index is 0.00000242. The Hall–Kier alpha value is -0.0800. The Morgan fingerprint density at radius 1 is 1.32 bits per heavy atom. The molecule has 1 aromatic rings. The van der Waals surface area contributed by atoms with Crippen LogP contribution in [0.2, 0.25) is 0 Å². The Kier molecular flexibility index (Phi) is 10.4. The molecule has 1 aliphatic rings. The van der Waals surface area contributed by atoms with Crippen molar-refractivity contribution in [1.29, 1.82) is 0 Å². The molecule has 6 heteroatoms. The van der Waals surface area contributed by atoms with Crippen LogP contribution in [-0.2, 0) is 6.54 Å². The fraction of sp³-hybridized carbons (Fsp3) is 0.562. The molecule has 2 N–H and O–H groups in total. The monoisotopic (exact) mass is 451 g/mol. The molecule has 1 aromatic carbocycles. The molecule has 0 bridgehead atoms. The number of guanidine groups is 1. The number of aliphatic imine (C=N–C) groups is 1. The zero-order chi connectivity index (χ0) is 14.9.